The minimum Gasteiger partial charge on any atom is -0.0651 e. The molecule has 0 nitrogen and oxygen atoms in total. The van der Waals surface area contributed by atoms with Gasteiger partial charge in [0.15, 0.2) is 0 Å². The van der Waals surface area contributed by atoms with Crippen LogP contribution < -0.4 is 0 Å². The van der Waals surface area contributed by atoms with Gasteiger partial charge in [0.1, 0.15) is 0 Å². The molecule has 0 spiro atoms. The molecule has 1 aromatic rings. The molecule has 1 aliphatic rings. The zero-order valence-electron chi connectivity index (χ0n) is 10.9. The summed E-state index contributed by atoms with van der Waals surface area (Å²) in [6.45, 7) is 6.99. The van der Waals surface area contributed by atoms with E-state index in [1.54, 1.807) is 11.1 Å². The van der Waals surface area contributed by atoms with Gasteiger partial charge in [0.2, 0.25) is 0 Å². The summed E-state index contributed by atoms with van der Waals surface area (Å²) in [6.07, 6.45) is 6.75. The fourth-order valence-electron chi connectivity index (χ4n) is 3.48. The lowest BCUT2D eigenvalue weighted by Gasteiger charge is -2.32. The number of benzene rings is 1. The molecule has 16 heavy (non-hydrogen) atoms. The molecule has 0 amide bonds. The molecule has 88 valence electrons. The minimum atomic E-state index is 0.833. The molecular weight excluding hydrogens is 192 g/mol. The third-order valence-electron chi connectivity index (χ3n) is 4.36. The Morgan fingerprint density at radius 3 is 2.69 bits per heavy atom. The van der Waals surface area contributed by atoms with Crippen molar-refractivity contribution in [1.82, 2.24) is 0 Å². The van der Waals surface area contributed by atoms with Gasteiger partial charge >= 0.3 is 0 Å². The van der Waals surface area contributed by atoms with Crippen molar-refractivity contribution in [3.63, 3.8) is 0 Å². The van der Waals surface area contributed by atoms with Gasteiger partial charge in [-0.1, -0.05) is 44.9 Å². The van der Waals surface area contributed by atoms with E-state index in [2.05, 4.69) is 39.0 Å². The van der Waals surface area contributed by atoms with E-state index in [0.29, 0.717) is 0 Å². The van der Waals surface area contributed by atoms with E-state index in [9.17, 15) is 0 Å². The molecule has 0 saturated carbocycles. The van der Waals surface area contributed by atoms with Gasteiger partial charge < -0.3 is 0 Å². The van der Waals surface area contributed by atoms with Crippen molar-refractivity contribution in [2.45, 2.75) is 58.8 Å². The highest BCUT2D eigenvalue weighted by Gasteiger charge is 2.26. The van der Waals surface area contributed by atoms with Gasteiger partial charge in [-0.25, -0.2) is 0 Å². The zero-order valence-corrected chi connectivity index (χ0v) is 10.9. The molecule has 1 unspecified atom stereocenters. The molecule has 1 aromatic carbocycles. The van der Waals surface area contributed by atoms with Crippen LogP contribution in [0.5, 0.6) is 0 Å². The smallest absolute Gasteiger partial charge is 0.0128 e. The van der Waals surface area contributed by atoms with Crippen molar-refractivity contribution < 1.29 is 0 Å². The molecule has 0 radical (unpaired) electrons. The summed E-state index contributed by atoms with van der Waals surface area (Å²) in [5, 5.41) is 0. The summed E-state index contributed by atoms with van der Waals surface area (Å²) in [5.74, 6) is 1.72. The second-order valence-electron chi connectivity index (χ2n) is 5.22. The van der Waals surface area contributed by atoms with E-state index in [-0.39, 0.29) is 0 Å². The first-order chi connectivity index (χ1) is 7.77. The van der Waals surface area contributed by atoms with Gasteiger partial charge in [0, 0.05) is 0 Å². The molecule has 0 aromatic heterocycles. The lowest BCUT2D eigenvalue weighted by Crippen LogP contribution is -2.19. The van der Waals surface area contributed by atoms with Gasteiger partial charge in [-0.15, -0.1) is 0 Å². The van der Waals surface area contributed by atoms with Crippen molar-refractivity contribution in [1.29, 1.82) is 0 Å². The van der Waals surface area contributed by atoms with E-state index in [4.69, 9.17) is 0 Å². The lowest BCUT2D eigenvalue weighted by atomic mass is 9.72. The molecule has 1 atom stereocenters. The summed E-state index contributed by atoms with van der Waals surface area (Å²) in [5.41, 5.74) is 4.85. The predicted molar refractivity (Wildman–Crippen MR) is 70.9 cm³/mol. The van der Waals surface area contributed by atoms with Crippen LogP contribution in [0.4, 0.5) is 0 Å². The standard InChI is InChI=1S/C16H24/c1-4-13(5-2)15-11-7-10-14-9-6-8-12(3)16(14)15/h6,8-9,13,15H,4-5,7,10-11H2,1-3H3. The van der Waals surface area contributed by atoms with E-state index in [0.717, 1.165) is 11.8 Å². The first kappa shape index (κ1) is 11.7. The largest absolute Gasteiger partial charge is 0.0651 e. The van der Waals surface area contributed by atoms with Gasteiger partial charge in [-0.05, 0) is 54.7 Å². The van der Waals surface area contributed by atoms with Gasteiger partial charge in [-0.2, -0.15) is 0 Å². The minimum absolute atomic E-state index is 0.833. The highest BCUT2D eigenvalue weighted by Crippen LogP contribution is 2.41. The summed E-state index contributed by atoms with van der Waals surface area (Å²) in [7, 11) is 0. The maximum absolute atomic E-state index is 2.35. The van der Waals surface area contributed by atoms with Crippen LogP contribution in [0.2, 0.25) is 0 Å². The summed E-state index contributed by atoms with van der Waals surface area (Å²) >= 11 is 0. The normalized spacial score (nSPS) is 19.9. The first-order valence-electron chi connectivity index (χ1n) is 6.86. The van der Waals surface area contributed by atoms with Crippen molar-refractivity contribution in [2.75, 3.05) is 0 Å². The maximum Gasteiger partial charge on any atom is -0.0128 e. The van der Waals surface area contributed by atoms with Gasteiger partial charge in [0.25, 0.3) is 0 Å². The Bertz CT molecular complexity index is 347. The van der Waals surface area contributed by atoms with Crippen LogP contribution in [0.1, 0.15) is 62.1 Å². The summed E-state index contributed by atoms with van der Waals surface area (Å²) < 4.78 is 0. The van der Waals surface area contributed by atoms with Crippen molar-refractivity contribution >= 4 is 0 Å². The van der Waals surface area contributed by atoms with Crippen LogP contribution in [0.25, 0.3) is 0 Å². The van der Waals surface area contributed by atoms with Crippen molar-refractivity contribution in [3.8, 4) is 0 Å². The van der Waals surface area contributed by atoms with Crippen LogP contribution >= 0.6 is 0 Å². The van der Waals surface area contributed by atoms with E-state index in [1.807, 2.05) is 0 Å². The average molecular weight is 216 g/mol. The number of hydrogen-bond acceptors (Lipinski definition) is 0. The highest BCUT2D eigenvalue weighted by atomic mass is 14.3. The molecule has 0 saturated heterocycles. The molecule has 0 N–H and O–H groups in total. The number of aryl methyl sites for hydroxylation is 2. The Morgan fingerprint density at radius 1 is 1.25 bits per heavy atom. The monoisotopic (exact) mass is 216 g/mol. The topological polar surface area (TPSA) is 0 Å². The number of rotatable bonds is 3. The predicted octanol–water partition coefficient (Wildman–Crippen LogP) is 4.85. The van der Waals surface area contributed by atoms with Crippen molar-refractivity contribution in [2.24, 2.45) is 5.92 Å². The van der Waals surface area contributed by atoms with Gasteiger partial charge in [-0.3, -0.25) is 0 Å². The van der Waals surface area contributed by atoms with E-state index < -0.39 is 0 Å². The molecular formula is C16H24. The van der Waals surface area contributed by atoms with Crippen LogP contribution in [-0.4, -0.2) is 0 Å². The zero-order chi connectivity index (χ0) is 11.5. The number of fused-ring (bicyclic) bond motifs is 1. The summed E-state index contributed by atoms with van der Waals surface area (Å²) in [4.78, 5) is 0. The molecule has 1 aliphatic carbocycles. The van der Waals surface area contributed by atoms with Crippen LogP contribution in [0.15, 0.2) is 18.2 Å². The fraction of sp³-hybridized carbons (Fsp3) is 0.625. The molecule has 0 aliphatic heterocycles. The Hall–Kier alpha value is -0.780. The van der Waals surface area contributed by atoms with Gasteiger partial charge in [0.05, 0.1) is 0 Å². The van der Waals surface area contributed by atoms with Crippen LogP contribution in [0, 0.1) is 12.8 Å². The first-order valence-corrected chi connectivity index (χ1v) is 6.86. The molecule has 2 rings (SSSR count). The van der Waals surface area contributed by atoms with Crippen LogP contribution in [-0.2, 0) is 6.42 Å². The maximum atomic E-state index is 2.35. The number of hydrogen-bond donors (Lipinski definition) is 0. The Labute approximate surface area is 100 Å². The SMILES string of the molecule is CCC(CC)C1CCCc2cccc(C)c21. The molecule has 0 bridgehead atoms. The molecule has 0 heterocycles. The third kappa shape index (κ3) is 2.03. The van der Waals surface area contributed by atoms with Crippen molar-refractivity contribution in [3.05, 3.63) is 34.9 Å². The Kier molecular flexibility index (Phi) is 3.68. The Morgan fingerprint density at radius 2 is 2.00 bits per heavy atom. The quantitative estimate of drug-likeness (QED) is 0.677. The Balaban J connectivity index is 2.38. The van der Waals surface area contributed by atoms with Crippen LogP contribution in [0.3, 0.4) is 0 Å². The highest BCUT2D eigenvalue weighted by molar-refractivity contribution is 5.39. The second-order valence-corrected chi connectivity index (χ2v) is 5.22. The fourth-order valence-corrected chi connectivity index (χ4v) is 3.48. The summed E-state index contributed by atoms with van der Waals surface area (Å²) in [6, 6.07) is 6.86. The third-order valence-corrected chi connectivity index (χ3v) is 4.36. The lowest BCUT2D eigenvalue weighted by molar-refractivity contribution is 0.357. The average Bonchev–Trinajstić information content (AvgIpc) is 2.31. The van der Waals surface area contributed by atoms with E-state index in [1.165, 1.54) is 37.7 Å². The second kappa shape index (κ2) is 5.03. The van der Waals surface area contributed by atoms with E-state index >= 15 is 0 Å². The molecule has 0 fully saturated rings. The molecule has 0 heteroatoms.